The third kappa shape index (κ3) is 5.29. The molecule has 2 aromatic rings. The number of amides is 2. The number of carbonyl (C=O) groups is 2. The molecule has 0 atom stereocenters. The van der Waals surface area contributed by atoms with Crippen molar-refractivity contribution in [3.8, 4) is 23.8 Å². The fourth-order valence-electron chi connectivity index (χ4n) is 2.40. The zero-order valence-electron chi connectivity index (χ0n) is 15.4. The van der Waals surface area contributed by atoms with Gasteiger partial charge in [-0.2, -0.15) is 0 Å². The molecule has 144 valence electrons. The first kappa shape index (κ1) is 20.9. The van der Waals surface area contributed by atoms with E-state index in [2.05, 4.69) is 16.6 Å². The monoisotopic (exact) mass is 398 g/mol. The first-order valence-corrected chi connectivity index (χ1v) is 8.59. The third-order valence-electron chi connectivity index (χ3n) is 3.66. The predicted molar refractivity (Wildman–Crippen MR) is 110 cm³/mol. The van der Waals surface area contributed by atoms with Gasteiger partial charge in [0.25, 0.3) is 5.91 Å². The molecular formula is C21H19ClN2O4. The molecule has 7 heteroatoms. The maximum absolute atomic E-state index is 12.3. The van der Waals surface area contributed by atoms with E-state index in [4.69, 9.17) is 27.5 Å². The van der Waals surface area contributed by atoms with Crippen LogP contribution in [0.1, 0.15) is 15.9 Å². The molecular weight excluding hydrogens is 380 g/mol. The molecule has 0 saturated carbocycles. The summed E-state index contributed by atoms with van der Waals surface area (Å²) in [5, 5.41) is 5.60. The van der Waals surface area contributed by atoms with E-state index in [-0.39, 0.29) is 12.5 Å². The van der Waals surface area contributed by atoms with Crippen molar-refractivity contribution < 1.29 is 19.1 Å². The smallest absolute Gasteiger partial charge is 0.254 e. The highest BCUT2D eigenvalue weighted by Crippen LogP contribution is 2.36. The second-order valence-electron chi connectivity index (χ2n) is 5.49. The van der Waals surface area contributed by atoms with E-state index in [0.717, 1.165) is 0 Å². The molecule has 0 spiro atoms. The minimum absolute atomic E-state index is 0.0983. The molecule has 0 aliphatic carbocycles. The summed E-state index contributed by atoms with van der Waals surface area (Å²) in [7, 11) is 2.99. The number of hydrogen-bond donors (Lipinski definition) is 2. The van der Waals surface area contributed by atoms with Gasteiger partial charge in [0.05, 0.1) is 37.0 Å². The SMILES string of the molecule is C#CCNC(=O)c1ccccc1NC(=O)/C=C/c1cc(Cl)c(OC)c(OC)c1. The number of ether oxygens (including phenoxy) is 2. The summed E-state index contributed by atoms with van der Waals surface area (Å²) in [5.74, 6) is 2.41. The fraction of sp³-hybridized carbons (Fsp3) is 0.143. The highest BCUT2D eigenvalue weighted by molar-refractivity contribution is 6.32. The molecule has 0 bridgehead atoms. The van der Waals surface area contributed by atoms with Gasteiger partial charge in [-0.15, -0.1) is 6.42 Å². The molecule has 2 N–H and O–H groups in total. The van der Waals surface area contributed by atoms with E-state index < -0.39 is 5.91 Å². The summed E-state index contributed by atoms with van der Waals surface area (Å²) < 4.78 is 10.4. The molecule has 0 aliphatic rings. The first-order valence-electron chi connectivity index (χ1n) is 8.21. The number of terminal acetylenes is 1. The predicted octanol–water partition coefficient (Wildman–Crippen LogP) is 3.37. The summed E-state index contributed by atoms with van der Waals surface area (Å²) in [6.07, 6.45) is 8.05. The number of hydrogen-bond acceptors (Lipinski definition) is 4. The summed E-state index contributed by atoms with van der Waals surface area (Å²) in [5.41, 5.74) is 1.34. The van der Waals surface area contributed by atoms with Crippen LogP contribution < -0.4 is 20.1 Å². The molecule has 0 saturated heterocycles. The van der Waals surface area contributed by atoms with Crippen LogP contribution in [-0.2, 0) is 4.79 Å². The Hall–Kier alpha value is -3.43. The number of methoxy groups -OCH3 is 2. The minimum Gasteiger partial charge on any atom is -0.493 e. The van der Waals surface area contributed by atoms with Gasteiger partial charge in [-0.3, -0.25) is 9.59 Å². The first-order chi connectivity index (χ1) is 13.5. The van der Waals surface area contributed by atoms with Crippen molar-refractivity contribution in [3.05, 3.63) is 58.6 Å². The molecule has 2 aromatic carbocycles. The Kier molecular flexibility index (Phi) is 7.49. The summed E-state index contributed by atoms with van der Waals surface area (Å²) >= 11 is 6.16. The summed E-state index contributed by atoms with van der Waals surface area (Å²) in [6.45, 7) is 0.0983. The second-order valence-corrected chi connectivity index (χ2v) is 5.90. The minimum atomic E-state index is -0.414. The van der Waals surface area contributed by atoms with Gasteiger partial charge >= 0.3 is 0 Å². The van der Waals surface area contributed by atoms with Crippen molar-refractivity contribution >= 4 is 35.2 Å². The van der Waals surface area contributed by atoms with Crippen LogP contribution in [-0.4, -0.2) is 32.6 Å². The van der Waals surface area contributed by atoms with E-state index >= 15 is 0 Å². The van der Waals surface area contributed by atoms with Crippen molar-refractivity contribution in [3.63, 3.8) is 0 Å². The number of anilines is 1. The van der Waals surface area contributed by atoms with Crippen molar-refractivity contribution in [2.45, 2.75) is 0 Å². The highest BCUT2D eigenvalue weighted by Gasteiger charge is 2.12. The summed E-state index contributed by atoms with van der Waals surface area (Å²) in [4.78, 5) is 24.4. The van der Waals surface area contributed by atoms with Gasteiger partial charge in [0, 0.05) is 6.08 Å². The number of nitrogens with one attached hydrogen (secondary N) is 2. The van der Waals surface area contributed by atoms with Crippen LogP contribution in [0.15, 0.2) is 42.5 Å². The quantitative estimate of drug-likeness (QED) is 0.553. The van der Waals surface area contributed by atoms with E-state index in [1.54, 1.807) is 42.5 Å². The molecule has 0 unspecified atom stereocenters. The molecule has 0 fully saturated rings. The Morgan fingerprint density at radius 3 is 2.64 bits per heavy atom. The summed E-state index contributed by atoms with van der Waals surface area (Å²) in [6, 6.07) is 9.97. The average Bonchev–Trinajstić information content (AvgIpc) is 2.70. The molecule has 6 nitrogen and oxygen atoms in total. The zero-order valence-corrected chi connectivity index (χ0v) is 16.2. The molecule has 2 amide bonds. The normalized spacial score (nSPS) is 10.2. The van der Waals surface area contributed by atoms with Crippen LogP contribution in [0, 0.1) is 12.3 Å². The zero-order chi connectivity index (χ0) is 20.5. The Labute approximate surface area is 168 Å². The Bertz CT molecular complexity index is 948. The number of halogens is 1. The lowest BCUT2D eigenvalue weighted by Gasteiger charge is -2.10. The standard InChI is InChI=1S/C21H19ClN2O4/c1-4-11-23-21(26)15-7-5-6-8-17(15)24-19(25)10-9-14-12-16(22)20(28-3)18(13-14)27-2/h1,5-10,12-13H,11H2,2-3H3,(H,23,26)(H,24,25)/b10-9+. The lowest BCUT2D eigenvalue weighted by Crippen LogP contribution is -2.25. The second kappa shape index (κ2) is 10.0. The van der Waals surface area contributed by atoms with Crippen LogP contribution in [0.5, 0.6) is 11.5 Å². The van der Waals surface area contributed by atoms with Crippen molar-refractivity contribution in [2.75, 3.05) is 26.1 Å². The number of rotatable bonds is 7. The van der Waals surface area contributed by atoms with Crippen molar-refractivity contribution in [2.24, 2.45) is 0 Å². The molecule has 0 aliphatic heterocycles. The molecule has 0 heterocycles. The third-order valence-corrected chi connectivity index (χ3v) is 3.94. The Morgan fingerprint density at radius 2 is 1.96 bits per heavy atom. The number of benzene rings is 2. The van der Waals surface area contributed by atoms with Crippen LogP contribution in [0.2, 0.25) is 5.02 Å². The van der Waals surface area contributed by atoms with Gasteiger partial charge in [0.2, 0.25) is 5.91 Å². The molecule has 28 heavy (non-hydrogen) atoms. The van der Waals surface area contributed by atoms with Crippen LogP contribution in [0.3, 0.4) is 0 Å². The van der Waals surface area contributed by atoms with E-state index in [9.17, 15) is 9.59 Å². The van der Waals surface area contributed by atoms with Crippen LogP contribution >= 0.6 is 11.6 Å². The van der Waals surface area contributed by atoms with E-state index in [1.165, 1.54) is 20.3 Å². The van der Waals surface area contributed by atoms with E-state index in [0.29, 0.717) is 33.3 Å². The van der Waals surface area contributed by atoms with Crippen LogP contribution in [0.4, 0.5) is 5.69 Å². The van der Waals surface area contributed by atoms with Crippen molar-refractivity contribution in [1.29, 1.82) is 0 Å². The van der Waals surface area contributed by atoms with Crippen LogP contribution in [0.25, 0.3) is 6.08 Å². The Balaban J connectivity index is 2.16. The number of para-hydroxylation sites is 1. The van der Waals surface area contributed by atoms with Gasteiger partial charge in [0.1, 0.15) is 0 Å². The van der Waals surface area contributed by atoms with Gasteiger partial charge in [-0.25, -0.2) is 0 Å². The van der Waals surface area contributed by atoms with Gasteiger partial charge in [-0.1, -0.05) is 29.7 Å². The lowest BCUT2D eigenvalue weighted by molar-refractivity contribution is -0.111. The van der Waals surface area contributed by atoms with Gasteiger partial charge < -0.3 is 20.1 Å². The maximum Gasteiger partial charge on any atom is 0.254 e. The average molecular weight is 399 g/mol. The van der Waals surface area contributed by atoms with Gasteiger partial charge in [-0.05, 0) is 35.9 Å². The molecule has 0 radical (unpaired) electrons. The Morgan fingerprint density at radius 1 is 1.21 bits per heavy atom. The largest absolute Gasteiger partial charge is 0.493 e. The topological polar surface area (TPSA) is 76.7 Å². The fourth-order valence-corrected chi connectivity index (χ4v) is 2.69. The maximum atomic E-state index is 12.3. The molecule has 0 aromatic heterocycles. The highest BCUT2D eigenvalue weighted by atomic mass is 35.5. The van der Waals surface area contributed by atoms with E-state index in [1.807, 2.05) is 0 Å². The lowest BCUT2D eigenvalue weighted by atomic mass is 10.1. The molecule has 2 rings (SSSR count). The number of carbonyl (C=O) groups excluding carboxylic acids is 2. The van der Waals surface area contributed by atoms with Gasteiger partial charge in [0.15, 0.2) is 11.5 Å². The van der Waals surface area contributed by atoms with Crippen molar-refractivity contribution in [1.82, 2.24) is 5.32 Å².